The topological polar surface area (TPSA) is 99.6 Å². The van der Waals surface area contributed by atoms with Crippen molar-refractivity contribution in [2.75, 3.05) is 0 Å². The molecule has 35 heavy (non-hydrogen) atoms. The molecule has 1 heterocycles. The second-order valence-electron chi connectivity index (χ2n) is 7.32. The molecule has 0 saturated carbocycles. The highest BCUT2D eigenvalue weighted by atomic mass is 79.9. The number of aryl methyl sites for hydroxylation is 1. The Hall–Kier alpha value is -2.79. The SMILES string of the molecule is Cc1nc2ccc(Br)cc2c(=O)n1N=Cc1cc(Br)cc([N+](=O)[O-])c1OCc1ccc(Cl)c(Cl)c1. The van der Waals surface area contributed by atoms with E-state index in [4.69, 9.17) is 27.9 Å². The van der Waals surface area contributed by atoms with Crippen LogP contribution in [-0.4, -0.2) is 20.8 Å². The first-order valence-electron chi connectivity index (χ1n) is 9.92. The van der Waals surface area contributed by atoms with Crippen LogP contribution in [0.1, 0.15) is 17.0 Å². The highest BCUT2D eigenvalue weighted by molar-refractivity contribution is 9.10. The van der Waals surface area contributed by atoms with Crippen molar-refractivity contribution in [3.8, 4) is 5.75 Å². The summed E-state index contributed by atoms with van der Waals surface area (Å²) in [6.07, 6.45) is 1.32. The smallest absolute Gasteiger partial charge is 0.312 e. The lowest BCUT2D eigenvalue weighted by Crippen LogP contribution is -2.20. The van der Waals surface area contributed by atoms with Gasteiger partial charge in [-0.05, 0) is 48.9 Å². The lowest BCUT2D eigenvalue weighted by atomic mass is 10.2. The summed E-state index contributed by atoms with van der Waals surface area (Å²) in [5.41, 5.74) is 0.826. The van der Waals surface area contributed by atoms with Crippen molar-refractivity contribution >= 4 is 77.9 Å². The fraction of sp³-hybridized carbons (Fsp3) is 0.0870. The quantitative estimate of drug-likeness (QED) is 0.130. The summed E-state index contributed by atoms with van der Waals surface area (Å²) < 4.78 is 8.13. The Morgan fingerprint density at radius 1 is 1.11 bits per heavy atom. The molecule has 1 aromatic heterocycles. The molecule has 3 aromatic carbocycles. The highest BCUT2D eigenvalue weighted by Crippen LogP contribution is 2.35. The van der Waals surface area contributed by atoms with E-state index in [0.717, 1.165) is 9.15 Å². The third-order valence-corrected chi connectivity index (χ3v) is 6.60. The lowest BCUT2D eigenvalue weighted by molar-refractivity contribution is -0.386. The minimum absolute atomic E-state index is 0.00919. The van der Waals surface area contributed by atoms with Crippen molar-refractivity contribution in [1.29, 1.82) is 0 Å². The Morgan fingerprint density at radius 3 is 2.60 bits per heavy atom. The first kappa shape index (κ1) is 25.3. The number of hydrogen-bond acceptors (Lipinski definition) is 6. The molecule has 12 heteroatoms. The average molecular weight is 641 g/mol. The first-order chi connectivity index (χ1) is 16.6. The van der Waals surface area contributed by atoms with Crippen molar-refractivity contribution in [3.05, 3.63) is 105 Å². The van der Waals surface area contributed by atoms with Gasteiger partial charge in [0.1, 0.15) is 12.4 Å². The molecule has 0 unspecified atom stereocenters. The van der Waals surface area contributed by atoms with Crippen LogP contribution in [0.15, 0.2) is 67.4 Å². The molecule has 0 saturated heterocycles. The van der Waals surface area contributed by atoms with Gasteiger partial charge < -0.3 is 4.74 Å². The highest BCUT2D eigenvalue weighted by Gasteiger charge is 2.21. The summed E-state index contributed by atoms with van der Waals surface area (Å²) in [4.78, 5) is 28.7. The van der Waals surface area contributed by atoms with Crippen LogP contribution in [0.25, 0.3) is 10.9 Å². The standard InChI is InChI=1S/C23H14Br2Cl2N4O4/c1-12-29-20-5-3-15(24)8-17(20)23(32)30(12)28-10-14-7-16(25)9-21(31(33)34)22(14)35-11-13-2-4-18(26)19(27)6-13/h2-10H,11H2,1H3. The van der Waals surface area contributed by atoms with Crippen molar-refractivity contribution < 1.29 is 9.66 Å². The average Bonchev–Trinajstić information content (AvgIpc) is 2.80. The fourth-order valence-electron chi connectivity index (χ4n) is 3.29. The second-order valence-corrected chi connectivity index (χ2v) is 9.97. The molecule has 0 aliphatic rings. The van der Waals surface area contributed by atoms with E-state index in [0.29, 0.717) is 36.8 Å². The van der Waals surface area contributed by atoms with Crippen LogP contribution in [0.5, 0.6) is 5.75 Å². The Kier molecular flexibility index (Phi) is 7.56. The van der Waals surface area contributed by atoms with Gasteiger partial charge in [0.05, 0.1) is 32.1 Å². The zero-order chi connectivity index (χ0) is 25.3. The number of rotatable bonds is 6. The van der Waals surface area contributed by atoms with E-state index >= 15 is 0 Å². The van der Waals surface area contributed by atoms with E-state index in [1.807, 2.05) is 0 Å². The molecule has 0 amide bonds. The van der Waals surface area contributed by atoms with E-state index in [2.05, 4.69) is 41.9 Å². The van der Waals surface area contributed by atoms with Crippen molar-refractivity contribution in [2.24, 2.45) is 5.10 Å². The van der Waals surface area contributed by atoms with Gasteiger partial charge in [0.2, 0.25) is 5.75 Å². The van der Waals surface area contributed by atoms with Gasteiger partial charge in [0, 0.05) is 20.6 Å². The van der Waals surface area contributed by atoms with Gasteiger partial charge in [-0.3, -0.25) is 14.9 Å². The first-order valence-corrected chi connectivity index (χ1v) is 12.3. The molecular weight excluding hydrogens is 627 g/mol. The van der Waals surface area contributed by atoms with Crippen molar-refractivity contribution in [1.82, 2.24) is 9.66 Å². The number of nitro benzene ring substituents is 1. The largest absolute Gasteiger partial charge is 0.481 e. The van der Waals surface area contributed by atoms with Crippen LogP contribution < -0.4 is 10.3 Å². The number of benzene rings is 3. The molecule has 4 rings (SSSR count). The third-order valence-electron chi connectivity index (χ3n) is 4.91. The predicted octanol–water partition coefficient (Wildman–Crippen LogP) is 6.91. The maximum Gasteiger partial charge on any atom is 0.312 e. The monoisotopic (exact) mass is 638 g/mol. The minimum Gasteiger partial charge on any atom is -0.481 e. The molecule has 0 N–H and O–H groups in total. The molecule has 0 radical (unpaired) electrons. The summed E-state index contributed by atoms with van der Waals surface area (Å²) in [7, 11) is 0. The van der Waals surface area contributed by atoms with E-state index in [1.54, 1.807) is 49.4 Å². The molecule has 0 atom stereocenters. The molecule has 0 aliphatic heterocycles. The molecule has 0 spiro atoms. The molecule has 8 nitrogen and oxygen atoms in total. The van der Waals surface area contributed by atoms with Crippen LogP contribution in [0.2, 0.25) is 10.0 Å². The van der Waals surface area contributed by atoms with E-state index in [-0.39, 0.29) is 29.2 Å². The second kappa shape index (κ2) is 10.4. The lowest BCUT2D eigenvalue weighted by Gasteiger charge is -2.11. The molecular formula is C23H14Br2Cl2N4O4. The Bertz CT molecular complexity index is 1570. The maximum atomic E-state index is 13.0. The summed E-state index contributed by atoms with van der Waals surface area (Å²) in [5, 5.41) is 17.1. The van der Waals surface area contributed by atoms with Gasteiger partial charge in [-0.25, -0.2) is 4.98 Å². The van der Waals surface area contributed by atoms with Gasteiger partial charge in [0.15, 0.2) is 0 Å². The van der Waals surface area contributed by atoms with Crippen LogP contribution in [0.4, 0.5) is 5.69 Å². The van der Waals surface area contributed by atoms with Gasteiger partial charge in [-0.1, -0.05) is 61.1 Å². The van der Waals surface area contributed by atoms with E-state index in [1.165, 1.54) is 12.3 Å². The fourth-order valence-corrected chi connectivity index (χ4v) is 4.43. The summed E-state index contributed by atoms with van der Waals surface area (Å²) in [6.45, 7) is 1.63. The predicted molar refractivity (Wildman–Crippen MR) is 143 cm³/mol. The minimum atomic E-state index is -0.557. The molecule has 0 aliphatic carbocycles. The van der Waals surface area contributed by atoms with Crippen LogP contribution in [0.3, 0.4) is 0 Å². The molecule has 4 aromatic rings. The van der Waals surface area contributed by atoms with E-state index < -0.39 is 4.92 Å². The Morgan fingerprint density at radius 2 is 1.89 bits per heavy atom. The number of halogens is 4. The number of nitrogens with zero attached hydrogens (tertiary/aromatic N) is 4. The summed E-state index contributed by atoms with van der Waals surface area (Å²) in [5.74, 6) is 0.332. The van der Waals surface area contributed by atoms with Crippen molar-refractivity contribution in [3.63, 3.8) is 0 Å². The Labute approximate surface area is 225 Å². The summed E-state index contributed by atoms with van der Waals surface area (Å²) in [6, 6.07) is 13.0. The van der Waals surface area contributed by atoms with Crippen LogP contribution in [0, 0.1) is 17.0 Å². The number of ether oxygens (including phenoxy) is 1. The molecule has 178 valence electrons. The normalized spacial score (nSPS) is 11.3. The number of fused-ring (bicyclic) bond motifs is 1. The van der Waals surface area contributed by atoms with Gasteiger partial charge >= 0.3 is 5.69 Å². The van der Waals surface area contributed by atoms with Gasteiger partial charge in [0.25, 0.3) is 5.56 Å². The maximum absolute atomic E-state index is 13.0. The molecule has 0 bridgehead atoms. The molecule has 0 fully saturated rings. The zero-order valence-corrected chi connectivity index (χ0v) is 22.5. The van der Waals surface area contributed by atoms with Gasteiger partial charge in [-0.15, -0.1) is 0 Å². The zero-order valence-electron chi connectivity index (χ0n) is 17.8. The summed E-state index contributed by atoms with van der Waals surface area (Å²) >= 11 is 18.7. The van der Waals surface area contributed by atoms with Crippen molar-refractivity contribution in [2.45, 2.75) is 13.5 Å². The third kappa shape index (κ3) is 5.56. The van der Waals surface area contributed by atoms with Crippen LogP contribution >= 0.6 is 55.1 Å². The van der Waals surface area contributed by atoms with Gasteiger partial charge in [-0.2, -0.15) is 9.78 Å². The number of hydrogen-bond donors (Lipinski definition) is 0. The number of aromatic nitrogens is 2. The Balaban J connectivity index is 1.77. The number of nitro groups is 1. The van der Waals surface area contributed by atoms with Crippen LogP contribution in [-0.2, 0) is 6.61 Å². The van der Waals surface area contributed by atoms with E-state index in [9.17, 15) is 14.9 Å².